The zero-order valence-electron chi connectivity index (χ0n) is 11.1. The van der Waals surface area contributed by atoms with E-state index in [4.69, 9.17) is 5.26 Å². The van der Waals surface area contributed by atoms with Crippen LogP contribution in [0.15, 0.2) is 29.8 Å². The summed E-state index contributed by atoms with van der Waals surface area (Å²) in [6.07, 6.45) is 2.66. The average molecular weight is 285 g/mol. The molecule has 2 atom stereocenters. The summed E-state index contributed by atoms with van der Waals surface area (Å²) in [7, 11) is 0. The van der Waals surface area contributed by atoms with Crippen molar-refractivity contribution in [3.05, 3.63) is 45.9 Å². The molecule has 0 spiro atoms. The van der Waals surface area contributed by atoms with E-state index in [2.05, 4.69) is 34.7 Å². The summed E-state index contributed by atoms with van der Waals surface area (Å²) >= 11 is 1.78. The Morgan fingerprint density at radius 1 is 1.70 bits per heavy atom. The lowest BCUT2D eigenvalue weighted by molar-refractivity contribution is 0.0946. The molecule has 0 aromatic carbocycles. The second-order valence-corrected chi connectivity index (χ2v) is 6.37. The number of aromatic amines is 1. The monoisotopic (exact) mass is 285 g/mol. The Morgan fingerprint density at radius 2 is 2.55 bits per heavy atom. The van der Waals surface area contributed by atoms with E-state index >= 15 is 0 Å². The normalized spacial score (nSPS) is 24.1. The minimum absolute atomic E-state index is 0.146. The summed E-state index contributed by atoms with van der Waals surface area (Å²) in [5.41, 5.74) is 1.14. The fraction of sp³-hybridized carbons (Fsp3) is 0.333. The van der Waals surface area contributed by atoms with Gasteiger partial charge in [0.05, 0.1) is 5.56 Å². The summed E-state index contributed by atoms with van der Waals surface area (Å²) < 4.78 is 0. The molecule has 1 aliphatic carbocycles. The first kappa shape index (κ1) is 12.9. The molecule has 0 radical (unpaired) electrons. The molecule has 1 fully saturated rings. The number of nitrogens with one attached hydrogen (secondary N) is 2. The number of nitriles is 1. The molecule has 0 saturated heterocycles. The third kappa shape index (κ3) is 2.23. The van der Waals surface area contributed by atoms with E-state index in [1.165, 1.54) is 4.88 Å². The molecular weight excluding hydrogens is 270 g/mol. The molecule has 1 aliphatic rings. The third-order valence-corrected chi connectivity index (χ3v) is 5.21. The first-order valence-corrected chi connectivity index (χ1v) is 7.42. The van der Waals surface area contributed by atoms with E-state index in [-0.39, 0.29) is 11.3 Å². The van der Waals surface area contributed by atoms with E-state index < -0.39 is 0 Å². The van der Waals surface area contributed by atoms with Gasteiger partial charge in [-0.2, -0.15) is 5.26 Å². The van der Waals surface area contributed by atoms with E-state index in [1.807, 2.05) is 6.07 Å². The van der Waals surface area contributed by atoms with Gasteiger partial charge < -0.3 is 10.3 Å². The molecule has 0 unspecified atom stereocenters. The lowest BCUT2D eigenvalue weighted by Gasteiger charge is -2.09. The number of aromatic nitrogens is 1. The number of H-pyrrole nitrogens is 1. The Labute approximate surface area is 121 Å². The van der Waals surface area contributed by atoms with Crippen LogP contribution >= 0.6 is 11.3 Å². The Kier molecular flexibility index (Phi) is 3.11. The van der Waals surface area contributed by atoms with Crippen molar-refractivity contribution in [2.75, 3.05) is 6.54 Å². The van der Waals surface area contributed by atoms with Gasteiger partial charge >= 0.3 is 0 Å². The van der Waals surface area contributed by atoms with Crippen LogP contribution in [0.5, 0.6) is 0 Å². The molecule has 3 rings (SSSR count). The highest BCUT2D eigenvalue weighted by Gasteiger charge is 2.51. The van der Waals surface area contributed by atoms with Gasteiger partial charge in [-0.15, -0.1) is 11.3 Å². The van der Waals surface area contributed by atoms with Crippen molar-refractivity contribution in [2.24, 2.45) is 5.92 Å². The van der Waals surface area contributed by atoms with Crippen molar-refractivity contribution < 1.29 is 4.79 Å². The van der Waals surface area contributed by atoms with Crippen molar-refractivity contribution in [1.82, 2.24) is 10.3 Å². The van der Waals surface area contributed by atoms with Crippen molar-refractivity contribution in [3.8, 4) is 6.07 Å². The highest BCUT2D eigenvalue weighted by molar-refractivity contribution is 7.10. The van der Waals surface area contributed by atoms with Crippen LogP contribution in [-0.4, -0.2) is 17.4 Å². The Bertz CT molecular complexity index is 668. The van der Waals surface area contributed by atoms with Crippen LogP contribution in [0.4, 0.5) is 0 Å². The van der Waals surface area contributed by atoms with Gasteiger partial charge in [-0.1, -0.05) is 13.0 Å². The van der Waals surface area contributed by atoms with E-state index in [1.54, 1.807) is 23.6 Å². The van der Waals surface area contributed by atoms with Crippen LogP contribution in [0.1, 0.15) is 34.3 Å². The Morgan fingerprint density at radius 3 is 3.20 bits per heavy atom. The largest absolute Gasteiger partial charge is 0.356 e. The van der Waals surface area contributed by atoms with Crippen LogP contribution in [-0.2, 0) is 5.41 Å². The fourth-order valence-corrected chi connectivity index (χ4v) is 3.54. The topological polar surface area (TPSA) is 68.7 Å². The number of rotatable bonds is 4. The molecule has 102 valence electrons. The Balaban J connectivity index is 1.56. The minimum Gasteiger partial charge on any atom is -0.356 e. The van der Waals surface area contributed by atoms with Crippen molar-refractivity contribution >= 4 is 17.2 Å². The summed E-state index contributed by atoms with van der Waals surface area (Å²) in [6.45, 7) is 2.92. The van der Waals surface area contributed by atoms with Gasteiger partial charge in [-0.05, 0) is 29.9 Å². The molecule has 20 heavy (non-hydrogen) atoms. The van der Waals surface area contributed by atoms with Crippen molar-refractivity contribution in [2.45, 2.75) is 18.8 Å². The fourth-order valence-electron chi connectivity index (χ4n) is 2.56. The second-order valence-electron chi connectivity index (χ2n) is 5.42. The van der Waals surface area contributed by atoms with Gasteiger partial charge in [-0.25, -0.2) is 0 Å². The number of amides is 1. The van der Waals surface area contributed by atoms with E-state index in [0.29, 0.717) is 23.7 Å². The molecule has 0 bridgehead atoms. The van der Waals surface area contributed by atoms with Crippen LogP contribution in [0, 0.1) is 17.2 Å². The number of hydrogen-bond donors (Lipinski definition) is 2. The van der Waals surface area contributed by atoms with E-state index in [9.17, 15) is 4.79 Å². The number of hydrogen-bond acceptors (Lipinski definition) is 3. The molecule has 0 aliphatic heterocycles. The van der Waals surface area contributed by atoms with Gasteiger partial charge in [0.2, 0.25) is 0 Å². The summed E-state index contributed by atoms with van der Waals surface area (Å²) in [6, 6.07) is 7.81. The molecule has 4 nitrogen and oxygen atoms in total. The molecule has 2 aromatic heterocycles. The van der Waals surface area contributed by atoms with Gasteiger partial charge in [0.15, 0.2) is 0 Å². The second kappa shape index (κ2) is 4.80. The SMILES string of the molecule is C[C@@]1(c2cccs2)C[C@@H]1CNC(=O)c1cc(C#N)c[nH]1. The van der Waals surface area contributed by atoms with Crippen molar-refractivity contribution in [1.29, 1.82) is 5.26 Å². The zero-order chi connectivity index (χ0) is 14.2. The highest BCUT2D eigenvalue weighted by Crippen LogP contribution is 2.54. The van der Waals surface area contributed by atoms with Crippen LogP contribution in [0.2, 0.25) is 0 Å². The summed E-state index contributed by atoms with van der Waals surface area (Å²) in [5.74, 6) is 0.349. The first-order valence-electron chi connectivity index (χ1n) is 6.54. The molecule has 1 saturated carbocycles. The molecule has 2 N–H and O–H groups in total. The molecule has 2 heterocycles. The molecule has 2 aromatic rings. The predicted octanol–water partition coefficient (Wildman–Crippen LogP) is 2.66. The number of thiophene rings is 1. The first-order chi connectivity index (χ1) is 9.63. The Hall–Kier alpha value is -2.06. The number of nitrogens with zero attached hydrogens (tertiary/aromatic N) is 1. The van der Waals surface area contributed by atoms with Gasteiger partial charge in [0.25, 0.3) is 5.91 Å². The number of carbonyl (C=O) groups excluding carboxylic acids is 1. The average Bonchev–Trinajstić information content (AvgIpc) is 2.93. The van der Waals surface area contributed by atoms with Gasteiger partial charge in [-0.3, -0.25) is 4.79 Å². The van der Waals surface area contributed by atoms with Gasteiger partial charge in [0.1, 0.15) is 11.8 Å². The maximum atomic E-state index is 12.0. The van der Waals surface area contributed by atoms with Crippen LogP contribution in [0.3, 0.4) is 0 Å². The smallest absolute Gasteiger partial charge is 0.267 e. The lowest BCUT2D eigenvalue weighted by Crippen LogP contribution is -2.27. The van der Waals surface area contributed by atoms with Crippen molar-refractivity contribution in [3.63, 3.8) is 0 Å². The molecule has 1 amide bonds. The predicted molar refractivity (Wildman–Crippen MR) is 77.6 cm³/mol. The van der Waals surface area contributed by atoms with Crippen LogP contribution < -0.4 is 5.32 Å². The maximum absolute atomic E-state index is 12.0. The molecular formula is C15H15N3OS. The third-order valence-electron chi connectivity index (χ3n) is 4.06. The quantitative estimate of drug-likeness (QED) is 0.906. The maximum Gasteiger partial charge on any atom is 0.267 e. The molecule has 5 heteroatoms. The van der Waals surface area contributed by atoms with Crippen LogP contribution in [0.25, 0.3) is 0 Å². The lowest BCUT2D eigenvalue weighted by atomic mass is 10.0. The summed E-state index contributed by atoms with van der Waals surface area (Å²) in [4.78, 5) is 16.2. The standard InChI is InChI=1S/C15H15N3OS/c1-15(13-3-2-4-20-13)6-11(15)9-18-14(19)12-5-10(7-16)8-17-12/h2-5,8,11,17H,6,9H2,1H3,(H,18,19)/t11-,15-/m1/s1. The summed E-state index contributed by atoms with van der Waals surface area (Å²) in [5, 5.41) is 13.8. The highest BCUT2D eigenvalue weighted by atomic mass is 32.1. The van der Waals surface area contributed by atoms with E-state index in [0.717, 1.165) is 6.42 Å². The zero-order valence-corrected chi connectivity index (χ0v) is 12.0. The minimum atomic E-state index is -0.146. The number of carbonyl (C=O) groups is 1. The van der Waals surface area contributed by atoms with Gasteiger partial charge in [0, 0.05) is 23.0 Å².